The van der Waals surface area contributed by atoms with Crippen molar-refractivity contribution in [2.45, 2.75) is 44.9 Å². The molecule has 1 atom stereocenters. The summed E-state index contributed by atoms with van der Waals surface area (Å²) in [5, 5.41) is 8.05. The van der Waals surface area contributed by atoms with Gasteiger partial charge in [0.05, 0.1) is 5.01 Å². The van der Waals surface area contributed by atoms with Crippen LogP contribution in [0.1, 0.15) is 35.2 Å². The molecule has 0 radical (unpaired) electrons. The molecular weight excluding hydrogens is 538 g/mol. The van der Waals surface area contributed by atoms with Crippen molar-refractivity contribution in [2.24, 2.45) is 4.99 Å². The summed E-state index contributed by atoms with van der Waals surface area (Å²) in [4.78, 5) is 10.4. The van der Waals surface area contributed by atoms with Gasteiger partial charge in [0.25, 0.3) is 0 Å². The Labute approximate surface area is 202 Å². The average molecular weight is 567 g/mol. The van der Waals surface area contributed by atoms with E-state index in [0.29, 0.717) is 30.0 Å². The molecule has 1 aromatic heterocycles. The zero-order valence-corrected chi connectivity index (χ0v) is 20.9. The van der Waals surface area contributed by atoms with Crippen molar-refractivity contribution < 1.29 is 13.2 Å². The summed E-state index contributed by atoms with van der Waals surface area (Å²) < 4.78 is 37.9. The third-order valence-corrected chi connectivity index (χ3v) is 6.26. The van der Waals surface area contributed by atoms with E-state index in [4.69, 9.17) is 0 Å². The molecule has 0 bridgehead atoms. The second-order valence-electron chi connectivity index (χ2n) is 7.31. The number of aromatic nitrogens is 1. The first-order valence-corrected chi connectivity index (χ1v) is 11.1. The van der Waals surface area contributed by atoms with Gasteiger partial charge in [-0.05, 0) is 24.0 Å². The first kappa shape index (κ1) is 25.9. The molecule has 10 heteroatoms. The van der Waals surface area contributed by atoms with Gasteiger partial charge in [0, 0.05) is 51.1 Å². The molecule has 0 saturated carbocycles. The van der Waals surface area contributed by atoms with Gasteiger partial charge in [0.15, 0.2) is 11.7 Å². The van der Waals surface area contributed by atoms with Crippen LogP contribution in [0.3, 0.4) is 0 Å². The van der Waals surface area contributed by atoms with E-state index in [2.05, 4.69) is 56.7 Å². The molecule has 0 amide bonds. The first-order valence-electron chi connectivity index (χ1n) is 10.2. The number of nitrogens with one attached hydrogen (secondary N) is 2. The molecule has 31 heavy (non-hydrogen) atoms. The number of nitrogens with zero attached hydrogens (tertiary/aromatic N) is 3. The van der Waals surface area contributed by atoms with E-state index < -0.39 is 11.9 Å². The van der Waals surface area contributed by atoms with Gasteiger partial charge in [-0.2, -0.15) is 13.2 Å². The molecule has 5 nitrogen and oxygen atoms in total. The van der Waals surface area contributed by atoms with Crippen molar-refractivity contribution in [1.29, 1.82) is 0 Å². The second-order valence-corrected chi connectivity index (χ2v) is 8.25. The van der Waals surface area contributed by atoms with Crippen molar-refractivity contribution >= 4 is 41.3 Å². The summed E-state index contributed by atoms with van der Waals surface area (Å²) in [6.45, 7) is 5.40. The third kappa shape index (κ3) is 7.31. The number of hydrogen-bond donors (Lipinski definition) is 2. The molecule has 0 aliphatic carbocycles. The molecule has 0 spiro atoms. The zero-order chi connectivity index (χ0) is 21.6. The zero-order valence-electron chi connectivity index (χ0n) is 17.7. The van der Waals surface area contributed by atoms with Gasteiger partial charge in [-0.1, -0.05) is 31.2 Å². The third-order valence-electron chi connectivity index (χ3n) is 5.35. The molecule has 3 rings (SSSR count). The van der Waals surface area contributed by atoms with Gasteiger partial charge in [-0.3, -0.25) is 9.89 Å². The maximum absolute atomic E-state index is 12.6. The monoisotopic (exact) mass is 567 g/mol. The van der Waals surface area contributed by atoms with Gasteiger partial charge in [0.2, 0.25) is 0 Å². The van der Waals surface area contributed by atoms with Gasteiger partial charge >= 0.3 is 6.18 Å². The SMILES string of the molecule is CCC(CNC(=NC)NCCc1nc(C(F)(F)F)cs1)N1CCc2ccccc2C1.I. The van der Waals surface area contributed by atoms with Gasteiger partial charge in [-0.25, -0.2) is 4.98 Å². The summed E-state index contributed by atoms with van der Waals surface area (Å²) in [7, 11) is 1.69. The number of thiazole rings is 1. The number of fused-ring (bicyclic) bond motifs is 1. The van der Waals surface area contributed by atoms with Crippen LogP contribution in [0.2, 0.25) is 0 Å². The number of halogens is 4. The van der Waals surface area contributed by atoms with E-state index in [9.17, 15) is 13.2 Å². The van der Waals surface area contributed by atoms with Crippen molar-refractivity contribution in [3.05, 3.63) is 51.5 Å². The summed E-state index contributed by atoms with van der Waals surface area (Å²) in [5.41, 5.74) is 2.01. The van der Waals surface area contributed by atoms with Crippen LogP contribution in [-0.2, 0) is 25.6 Å². The second kappa shape index (κ2) is 12.0. The minimum absolute atomic E-state index is 0. The fourth-order valence-electron chi connectivity index (χ4n) is 3.64. The number of hydrogen-bond acceptors (Lipinski definition) is 4. The van der Waals surface area contributed by atoms with Crippen molar-refractivity contribution in [2.75, 3.05) is 26.7 Å². The van der Waals surface area contributed by atoms with Crippen LogP contribution in [0.4, 0.5) is 13.2 Å². The van der Waals surface area contributed by atoms with Crippen LogP contribution in [0.25, 0.3) is 0 Å². The number of alkyl halides is 3. The topological polar surface area (TPSA) is 52.6 Å². The number of guanidine groups is 1. The van der Waals surface area contributed by atoms with Crippen molar-refractivity contribution in [3.63, 3.8) is 0 Å². The molecule has 1 aliphatic rings. The smallest absolute Gasteiger partial charge is 0.356 e. The van der Waals surface area contributed by atoms with E-state index in [-0.39, 0.29) is 24.0 Å². The average Bonchev–Trinajstić information content (AvgIpc) is 3.22. The van der Waals surface area contributed by atoms with Crippen molar-refractivity contribution in [3.8, 4) is 0 Å². The Morgan fingerprint density at radius 3 is 2.65 bits per heavy atom. The molecule has 2 N–H and O–H groups in total. The van der Waals surface area contributed by atoms with Gasteiger partial charge in [0.1, 0.15) is 0 Å². The Bertz CT molecular complexity index is 856. The van der Waals surface area contributed by atoms with E-state index in [1.807, 2.05) is 0 Å². The first-order chi connectivity index (χ1) is 14.4. The number of aliphatic imine (C=N–C) groups is 1. The molecule has 1 aliphatic heterocycles. The Morgan fingerprint density at radius 1 is 1.26 bits per heavy atom. The summed E-state index contributed by atoms with van der Waals surface area (Å²) in [6.07, 6.45) is -1.88. The number of rotatable bonds is 7. The molecule has 1 unspecified atom stereocenters. The maximum atomic E-state index is 12.6. The predicted octanol–water partition coefficient (Wildman–Crippen LogP) is 4.32. The highest BCUT2D eigenvalue weighted by Gasteiger charge is 2.33. The number of benzene rings is 1. The van der Waals surface area contributed by atoms with Crippen LogP contribution in [0.5, 0.6) is 0 Å². The van der Waals surface area contributed by atoms with Crippen LogP contribution < -0.4 is 10.6 Å². The standard InChI is InChI=1S/C21H28F3N5S.HI/c1-3-17(29-11-9-15-6-4-5-7-16(15)13-29)12-27-20(25-2)26-10-8-19-28-18(14-30-19)21(22,23)24;/h4-7,14,17H,3,8-13H2,1-2H3,(H2,25,26,27);1H. The lowest BCUT2D eigenvalue weighted by molar-refractivity contribution is -0.140. The summed E-state index contributed by atoms with van der Waals surface area (Å²) in [5.74, 6) is 0.651. The van der Waals surface area contributed by atoms with Crippen LogP contribution in [0.15, 0.2) is 34.6 Å². The van der Waals surface area contributed by atoms with Crippen LogP contribution in [0, 0.1) is 0 Å². The van der Waals surface area contributed by atoms with E-state index in [1.54, 1.807) is 7.05 Å². The molecule has 0 saturated heterocycles. The molecule has 1 aromatic carbocycles. The summed E-state index contributed by atoms with van der Waals surface area (Å²) >= 11 is 1.03. The van der Waals surface area contributed by atoms with Gasteiger partial charge < -0.3 is 10.6 Å². The van der Waals surface area contributed by atoms with Gasteiger partial charge in [-0.15, -0.1) is 35.3 Å². The minimum atomic E-state index is -4.39. The van der Waals surface area contributed by atoms with E-state index in [1.165, 1.54) is 11.1 Å². The fourth-order valence-corrected chi connectivity index (χ4v) is 4.44. The quantitative estimate of drug-likeness (QED) is 0.298. The molecule has 172 valence electrons. The Morgan fingerprint density at radius 2 is 2.00 bits per heavy atom. The Hall–Kier alpha value is -1.40. The summed E-state index contributed by atoms with van der Waals surface area (Å²) in [6, 6.07) is 8.97. The van der Waals surface area contributed by atoms with E-state index >= 15 is 0 Å². The van der Waals surface area contributed by atoms with Crippen molar-refractivity contribution in [1.82, 2.24) is 20.5 Å². The lowest BCUT2D eigenvalue weighted by Gasteiger charge is -2.35. The highest BCUT2D eigenvalue weighted by Crippen LogP contribution is 2.30. The fraction of sp³-hybridized carbons (Fsp3) is 0.524. The highest BCUT2D eigenvalue weighted by molar-refractivity contribution is 14.0. The lowest BCUT2D eigenvalue weighted by atomic mass is 9.98. The molecular formula is C21H29F3IN5S. The normalized spacial score (nSPS) is 15.7. The molecule has 2 heterocycles. The maximum Gasteiger partial charge on any atom is 0.434 e. The highest BCUT2D eigenvalue weighted by atomic mass is 127. The Balaban J connectivity index is 0.00000341. The van der Waals surface area contributed by atoms with Crippen LogP contribution in [-0.4, -0.2) is 48.6 Å². The predicted molar refractivity (Wildman–Crippen MR) is 130 cm³/mol. The lowest BCUT2D eigenvalue weighted by Crippen LogP contribution is -2.48. The Kier molecular flexibility index (Phi) is 10.0. The largest absolute Gasteiger partial charge is 0.434 e. The minimum Gasteiger partial charge on any atom is -0.356 e. The van der Waals surface area contributed by atoms with Crippen LogP contribution >= 0.6 is 35.3 Å². The van der Waals surface area contributed by atoms with E-state index in [0.717, 1.165) is 49.2 Å². The molecule has 2 aromatic rings. The molecule has 0 fully saturated rings.